The van der Waals surface area contributed by atoms with Crippen molar-refractivity contribution in [2.24, 2.45) is 7.05 Å². The Morgan fingerprint density at radius 2 is 1.76 bits per heavy atom. The zero-order chi connectivity index (χ0) is 24.2. The number of rotatable bonds is 9. The smallest absolute Gasteiger partial charge is 0.329 e. The van der Waals surface area contributed by atoms with Crippen molar-refractivity contribution in [2.45, 2.75) is 12.6 Å². The van der Waals surface area contributed by atoms with Gasteiger partial charge in [0.1, 0.15) is 30.0 Å². The Balaban J connectivity index is 1.64. The van der Waals surface area contributed by atoms with Crippen LogP contribution in [0.5, 0.6) is 17.2 Å². The molecule has 3 N–H and O–H groups in total. The lowest BCUT2D eigenvalue weighted by Gasteiger charge is -2.16. The third-order valence-corrected chi connectivity index (χ3v) is 5.23. The number of aliphatic hydroxyl groups excluding tert-OH is 1. The number of H-pyrrole nitrogens is 1. The van der Waals surface area contributed by atoms with Crippen LogP contribution in [0.1, 0.15) is 0 Å². The number of benzene rings is 2. The largest absolute Gasteiger partial charge is 0.497 e. The number of ether oxygens (including phenoxy) is 3. The molecule has 0 bridgehead atoms. The number of anilines is 2. The maximum absolute atomic E-state index is 12.7. The number of hydrogen-bond donors (Lipinski definition) is 3. The normalized spacial score (nSPS) is 11.9. The Kier molecular flexibility index (Phi) is 6.55. The van der Waals surface area contributed by atoms with Crippen molar-refractivity contribution < 1.29 is 19.3 Å². The van der Waals surface area contributed by atoms with Crippen LogP contribution in [0.4, 0.5) is 11.6 Å². The van der Waals surface area contributed by atoms with E-state index in [1.54, 1.807) is 62.8 Å². The molecule has 2 heterocycles. The van der Waals surface area contributed by atoms with Gasteiger partial charge in [-0.2, -0.15) is 4.98 Å². The molecule has 4 aromatic rings. The number of hydrogen-bond acceptors (Lipinski definition) is 8. The lowest BCUT2D eigenvalue weighted by Crippen LogP contribution is -2.30. The van der Waals surface area contributed by atoms with E-state index in [0.717, 1.165) is 0 Å². The second kappa shape index (κ2) is 9.71. The molecule has 0 aliphatic carbocycles. The molecule has 0 amide bonds. The molecule has 4 rings (SSSR count). The van der Waals surface area contributed by atoms with Gasteiger partial charge in [0, 0.05) is 18.8 Å². The number of aromatic amines is 1. The van der Waals surface area contributed by atoms with Crippen LogP contribution in [-0.2, 0) is 13.6 Å². The second-order valence-corrected chi connectivity index (χ2v) is 7.53. The first-order valence-electron chi connectivity index (χ1n) is 10.4. The summed E-state index contributed by atoms with van der Waals surface area (Å²) < 4.78 is 18.8. The Morgan fingerprint density at radius 1 is 1.06 bits per heavy atom. The molecule has 1 atom stereocenters. The predicted molar refractivity (Wildman–Crippen MR) is 126 cm³/mol. The lowest BCUT2D eigenvalue weighted by atomic mass is 10.3. The van der Waals surface area contributed by atoms with E-state index < -0.39 is 17.4 Å². The van der Waals surface area contributed by atoms with Gasteiger partial charge in [-0.25, -0.2) is 4.79 Å². The predicted octanol–water partition coefficient (Wildman–Crippen LogP) is 1.62. The van der Waals surface area contributed by atoms with Crippen LogP contribution in [0, 0.1) is 0 Å². The van der Waals surface area contributed by atoms with E-state index in [9.17, 15) is 14.7 Å². The van der Waals surface area contributed by atoms with Crippen LogP contribution in [0.15, 0.2) is 58.1 Å². The van der Waals surface area contributed by atoms with E-state index >= 15 is 0 Å². The number of methoxy groups -OCH3 is 2. The summed E-state index contributed by atoms with van der Waals surface area (Å²) in [7, 11) is 4.64. The lowest BCUT2D eigenvalue weighted by molar-refractivity contribution is 0.0938. The molecule has 0 saturated carbocycles. The number of fused-ring (bicyclic) bond motifs is 1. The summed E-state index contributed by atoms with van der Waals surface area (Å²) in [5.41, 5.74) is -0.203. The summed E-state index contributed by atoms with van der Waals surface area (Å²) in [6.45, 7) is -0.0471. The van der Waals surface area contributed by atoms with E-state index in [0.29, 0.717) is 22.9 Å². The van der Waals surface area contributed by atoms with Crippen LogP contribution in [0.25, 0.3) is 11.2 Å². The highest BCUT2D eigenvalue weighted by atomic mass is 16.5. The molecule has 0 radical (unpaired) electrons. The maximum atomic E-state index is 12.7. The van der Waals surface area contributed by atoms with E-state index in [4.69, 9.17) is 14.2 Å². The van der Waals surface area contributed by atoms with E-state index in [2.05, 4.69) is 15.3 Å². The van der Waals surface area contributed by atoms with Crippen molar-refractivity contribution in [3.8, 4) is 17.2 Å². The van der Waals surface area contributed by atoms with Crippen molar-refractivity contribution in [3.63, 3.8) is 0 Å². The van der Waals surface area contributed by atoms with Crippen molar-refractivity contribution in [3.05, 3.63) is 69.4 Å². The minimum atomic E-state index is -0.984. The molecule has 34 heavy (non-hydrogen) atoms. The summed E-state index contributed by atoms with van der Waals surface area (Å²) in [5, 5.41) is 13.8. The van der Waals surface area contributed by atoms with Gasteiger partial charge in [0.15, 0.2) is 11.2 Å². The molecule has 178 valence electrons. The first kappa shape index (κ1) is 22.9. The molecule has 0 spiro atoms. The van der Waals surface area contributed by atoms with Gasteiger partial charge < -0.3 is 29.2 Å². The molecule has 0 aliphatic rings. The minimum Gasteiger partial charge on any atom is -0.497 e. The molecule has 0 aliphatic heterocycles. The van der Waals surface area contributed by atoms with Gasteiger partial charge in [0.25, 0.3) is 5.56 Å². The number of aliphatic hydroxyl groups is 1. The van der Waals surface area contributed by atoms with Crippen LogP contribution < -0.4 is 30.8 Å². The summed E-state index contributed by atoms with van der Waals surface area (Å²) in [5.74, 6) is 2.16. The Labute approximate surface area is 194 Å². The summed E-state index contributed by atoms with van der Waals surface area (Å²) in [4.78, 5) is 31.5. The van der Waals surface area contributed by atoms with Gasteiger partial charge in [0.2, 0.25) is 5.95 Å². The molecule has 0 fully saturated rings. The fraction of sp³-hybridized carbons (Fsp3) is 0.261. The number of aromatic nitrogens is 4. The van der Waals surface area contributed by atoms with E-state index in [-0.39, 0.29) is 30.3 Å². The Hall–Kier alpha value is -4.25. The van der Waals surface area contributed by atoms with Crippen molar-refractivity contribution in [1.29, 1.82) is 0 Å². The molecule has 11 heteroatoms. The summed E-state index contributed by atoms with van der Waals surface area (Å²) in [6, 6.07) is 14.1. The third-order valence-electron chi connectivity index (χ3n) is 5.23. The van der Waals surface area contributed by atoms with Crippen LogP contribution in [0.2, 0.25) is 0 Å². The summed E-state index contributed by atoms with van der Waals surface area (Å²) in [6.07, 6.45) is -0.984. The first-order chi connectivity index (χ1) is 16.4. The molecule has 2 aromatic heterocycles. The monoisotopic (exact) mass is 467 g/mol. The SMILES string of the molecule is COc1ccc(OCC(O)Cn2c(Nc3cccc(OC)c3)nc3c2c(=O)[nH]c(=O)n3C)cc1. The average molecular weight is 467 g/mol. The fourth-order valence-corrected chi connectivity index (χ4v) is 3.47. The minimum absolute atomic E-state index is 0.0137. The quantitative estimate of drug-likeness (QED) is 0.338. The van der Waals surface area contributed by atoms with Gasteiger partial charge in [-0.1, -0.05) is 6.07 Å². The van der Waals surface area contributed by atoms with Crippen LogP contribution in [-0.4, -0.2) is 51.1 Å². The molecular weight excluding hydrogens is 442 g/mol. The standard InChI is InChI=1S/C23H25N5O6/c1-27-20-19(21(30)26-23(27)31)28(22(25-20)24-14-5-4-6-18(11-14)33-3)12-15(29)13-34-17-9-7-16(32-2)8-10-17/h4-11,15,29H,12-13H2,1-3H3,(H,24,25)(H,26,30,31). The van der Waals surface area contributed by atoms with E-state index in [1.807, 2.05) is 0 Å². The highest BCUT2D eigenvalue weighted by Gasteiger charge is 2.20. The molecule has 2 aromatic carbocycles. The Morgan fingerprint density at radius 3 is 2.47 bits per heavy atom. The van der Waals surface area contributed by atoms with E-state index in [1.165, 1.54) is 16.2 Å². The average Bonchev–Trinajstić information content (AvgIpc) is 3.20. The highest BCUT2D eigenvalue weighted by Crippen LogP contribution is 2.24. The van der Waals surface area contributed by atoms with Gasteiger partial charge in [0.05, 0.1) is 20.8 Å². The zero-order valence-electron chi connectivity index (χ0n) is 18.9. The molecule has 11 nitrogen and oxygen atoms in total. The number of nitrogens with one attached hydrogen (secondary N) is 2. The molecule has 0 saturated heterocycles. The van der Waals surface area contributed by atoms with Crippen molar-refractivity contribution in [1.82, 2.24) is 19.1 Å². The van der Waals surface area contributed by atoms with Gasteiger partial charge >= 0.3 is 5.69 Å². The highest BCUT2D eigenvalue weighted by molar-refractivity contribution is 5.75. The number of nitrogens with zero attached hydrogens (tertiary/aromatic N) is 3. The van der Waals surface area contributed by atoms with Crippen molar-refractivity contribution >= 4 is 22.8 Å². The molecular formula is C23H25N5O6. The zero-order valence-corrected chi connectivity index (χ0v) is 18.9. The Bertz CT molecular complexity index is 1410. The van der Waals surface area contributed by atoms with Crippen molar-refractivity contribution in [2.75, 3.05) is 26.1 Å². The van der Waals surface area contributed by atoms with Gasteiger partial charge in [-0.15, -0.1) is 0 Å². The third kappa shape index (κ3) is 4.74. The van der Waals surface area contributed by atoms with Gasteiger partial charge in [-0.3, -0.25) is 14.3 Å². The first-order valence-corrected chi connectivity index (χ1v) is 10.4. The number of aryl methyl sites for hydroxylation is 1. The number of imidazole rings is 1. The fourth-order valence-electron chi connectivity index (χ4n) is 3.47. The molecule has 1 unspecified atom stereocenters. The maximum Gasteiger partial charge on any atom is 0.329 e. The summed E-state index contributed by atoms with van der Waals surface area (Å²) >= 11 is 0. The topological polar surface area (TPSA) is 133 Å². The second-order valence-electron chi connectivity index (χ2n) is 7.53. The van der Waals surface area contributed by atoms with Crippen LogP contribution in [0.3, 0.4) is 0 Å². The van der Waals surface area contributed by atoms with Crippen LogP contribution >= 0.6 is 0 Å². The van der Waals surface area contributed by atoms with Gasteiger partial charge in [-0.05, 0) is 36.4 Å².